The molecule has 0 saturated heterocycles. The van der Waals surface area contributed by atoms with E-state index in [1.165, 1.54) is 37.3 Å². The minimum Gasteiger partial charge on any atom is -0.347 e. The molecule has 3 aliphatic rings. The van der Waals surface area contributed by atoms with E-state index in [0.717, 1.165) is 24.3 Å². The van der Waals surface area contributed by atoms with E-state index in [4.69, 9.17) is 5.41 Å². The summed E-state index contributed by atoms with van der Waals surface area (Å²) in [6.07, 6.45) is 17.4. The Morgan fingerprint density at radius 1 is 1.13 bits per heavy atom. The van der Waals surface area contributed by atoms with Crippen molar-refractivity contribution in [2.45, 2.75) is 92.7 Å². The van der Waals surface area contributed by atoms with Crippen LogP contribution in [0, 0.1) is 39.4 Å². The molecule has 3 saturated carbocycles. The number of carbonyl (C=O) groups is 1. The van der Waals surface area contributed by atoms with Gasteiger partial charge in [0.2, 0.25) is 0 Å². The number of allylic oxidation sites excluding steroid dienone is 5. The van der Waals surface area contributed by atoms with Crippen molar-refractivity contribution in [3.05, 3.63) is 74.4 Å². The van der Waals surface area contributed by atoms with Crippen LogP contribution in [0.2, 0.25) is 0 Å². The molecule has 3 aliphatic carbocycles. The van der Waals surface area contributed by atoms with Crippen molar-refractivity contribution >= 4 is 24.2 Å². The zero-order valence-electron chi connectivity index (χ0n) is 25.0. The number of hydrogen-bond donors (Lipinski definition) is 3. The average Bonchev–Trinajstić information content (AvgIpc) is 3.16. The molecular formula is C35H58N2OS. The number of amides is 1. The first kappa shape index (κ1) is 36.9. The molecule has 0 bridgehead atoms. The molecule has 3 rings (SSSR count). The maximum absolute atomic E-state index is 12.1. The number of rotatable bonds is 7. The van der Waals surface area contributed by atoms with Gasteiger partial charge in [-0.3, -0.25) is 10.2 Å². The first-order chi connectivity index (χ1) is 17.8. The van der Waals surface area contributed by atoms with Crippen molar-refractivity contribution in [1.82, 2.24) is 5.32 Å². The second kappa shape index (κ2) is 15.6. The summed E-state index contributed by atoms with van der Waals surface area (Å²) < 4.78 is 0. The Balaban J connectivity index is 0.00000189. The zero-order chi connectivity index (χ0) is 29.3. The standard InChI is InChI=1S/C29H42N2O.C3H8S.C2H4.CH4/c1-8-11-21-12-13-22-23(27(21,5)16-9-2)14-18-29(7)24(22)15-17-28(29,6)20(4)19-31-26(32)25(30)10-3;1-3(2)4;1-2;/h8-11,16,22-24,30H,1,3-4,12-15,17-19H2,2,5-7H3,(H,31,32);3-4H,1-2H3;1-2H2;1H4/b16-9-,21-11-,30-25?;;;/t22?,23?,24?,27?,28-,29?;;;/m1.../s1. The Morgan fingerprint density at radius 3 is 2.21 bits per heavy atom. The van der Waals surface area contributed by atoms with E-state index in [1.807, 2.05) is 19.9 Å². The summed E-state index contributed by atoms with van der Waals surface area (Å²) in [6.45, 7) is 31.9. The van der Waals surface area contributed by atoms with Crippen molar-refractivity contribution in [2.75, 3.05) is 6.54 Å². The molecule has 0 aromatic carbocycles. The van der Waals surface area contributed by atoms with Crippen LogP contribution >= 0.6 is 12.6 Å². The summed E-state index contributed by atoms with van der Waals surface area (Å²) in [5.41, 5.74) is 2.85. The van der Waals surface area contributed by atoms with Crippen LogP contribution in [0.15, 0.2) is 74.4 Å². The first-order valence-electron chi connectivity index (χ1n) is 14.1. The fourth-order valence-corrected chi connectivity index (χ4v) is 7.66. The van der Waals surface area contributed by atoms with Gasteiger partial charge in [0.1, 0.15) is 5.71 Å². The van der Waals surface area contributed by atoms with Gasteiger partial charge in [-0.25, -0.2) is 0 Å². The van der Waals surface area contributed by atoms with Gasteiger partial charge < -0.3 is 5.32 Å². The van der Waals surface area contributed by atoms with Gasteiger partial charge in [-0.2, -0.15) is 12.6 Å². The van der Waals surface area contributed by atoms with Crippen LogP contribution in [0.1, 0.15) is 87.5 Å². The molecule has 6 atom stereocenters. The predicted molar refractivity (Wildman–Crippen MR) is 178 cm³/mol. The summed E-state index contributed by atoms with van der Waals surface area (Å²) in [5, 5.41) is 11.1. The molecule has 220 valence electrons. The highest BCUT2D eigenvalue weighted by molar-refractivity contribution is 7.80. The van der Waals surface area contributed by atoms with Crippen LogP contribution in [-0.2, 0) is 4.79 Å². The molecule has 0 aliphatic heterocycles. The highest BCUT2D eigenvalue weighted by atomic mass is 32.1. The number of hydrogen-bond acceptors (Lipinski definition) is 3. The summed E-state index contributed by atoms with van der Waals surface area (Å²) >= 11 is 3.97. The van der Waals surface area contributed by atoms with Crippen molar-refractivity contribution in [3.63, 3.8) is 0 Å². The van der Waals surface area contributed by atoms with Crippen molar-refractivity contribution in [2.24, 2.45) is 34.0 Å². The lowest BCUT2D eigenvalue weighted by atomic mass is 9.46. The normalized spacial score (nSPS) is 33.7. The summed E-state index contributed by atoms with van der Waals surface area (Å²) in [5.74, 6) is 1.69. The molecule has 5 unspecified atom stereocenters. The van der Waals surface area contributed by atoms with Gasteiger partial charge >= 0.3 is 0 Å². The fourth-order valence-electron chi connectivity index (χ4n) is 7.66. The van der Waals surface area contributed by atoms with Crippen LogP contribution in [0.25, 0.3) is 0 Å². The highest BCUT2D eigenvalue weighted by Gasteiger charge is 2.62. The lowest BCUT2D eigenvalue weighted by Gasteiger charge is -2.59. The smallest absolute Gasteiger partial charge is 0.269 e. The van der Waals surface area contributed by atoms with Crippen LogP contribution in [0.4, 0.5) is 0 Å². The molecule has 0 aromatic heterocycles. The number of carbonyl (C=O) groups excluding carboxylic acids is 1. The minimum atomic E-state index is -0.371. The Morgan fingerprint density at radius 2 is 1.69 bits per heavy atom. The third-order valence-corrected chi connectivity index (χ3v) is 9.78. The van der Waals surface area contributed by atoms with Crippen LogP contribution in [0.3, 0.4) is 0 Å². The van der Waals surface area contributed by atoms with Gasteiger partial charge in [-0.05, 0) is 85.4 Å². The molecule has 4 heteroatoms. The summed E-state index contributed by atoms with van der Waals surface area (Å²) in [6, 6.07) is 0. The van der Waals surface area contributed by atoms with E-state index >= 15 is 0 Å². The van der Waals surface area contributed by atoms with Crippen molar-refractivity contribution in [1.29, 1.82) is 5.41 Å². The highest BCUT2D eigenvalue weighted by Crippen LogP contribution is 2.70. The number of fused-ring (bicyclic) bond motifs is 3. The SMILES string of the molecule is C.C=C.C=C/C=C1/CCC2C(CCC3(C)C2CC[C@]3(C)C(=C)CNC(=O)C(=N)C=C)C1(C)/C=C\C.CC(C)S. The molecule has 3 fully saturated rings. The molecule has 0 heterocycles. The van der Waals surface area contributed by atoms with Gasteiger partial charge in [0.25, 0.3) is 5.91 Å². The summed E-state index contributed by atoms with van der Waals surface area (Å²) in [7, 11) is 0. The van der Waals surface area contributed by atoms with E-state index < -0.39 is 0 Å². The molecular weight excluding hydrogens is 496 g/mol. The third kappa shape index (κ3) is 7.57. The molecule has 1 amide bonds. The minimum absolute atomic E-state index is 0. The largest absolute Gasteiger partial charge is 0.347 e. The van der Waals surface area contributed by atoms with Gasteiger partial charge in [0.15, 0.2) is 0 Å². The third-order valence-electron chi connectivity index (χ3n) is 9.78. The Bertz CT molecular complexity index is 944. The van der Waals surface area contributed by atoms with Gasteiger partial charge in [-0.1, -0.05) is 97.2 Å². The predicted octanol–water partition coefficient (Wildman–Crippen LogP) is 9.56. The molecule has 0 spiro atoms. The van der Waals surface area contributed by atoms with E-state index in [-0.39, 0.29) is 35.3 Å². The quantitative estimate of drug-likeness (QED) is 0.164. The number of thiol groups is 1. The average molecular weight is 555 g/mol. The lowest BCUT2D eigenvalue weighted by Crippen LogP contribution is -2.52. The van der Waals surface area contributed by atoms with Crippen molar-refractivity contribution < 1.29 is 4.79 Å². The number of nitrogens with one attached hydrogen (secondary N) is 2. The molecule has 3 nitrogen and oxygen atoms in total. The first-order valence-corrected chi connectivity index (χ1v) is 14.7. The maximum Gasteiger partial charge on any atom is 0.269 e. The van der Waals surface area contributed by atoms with Crippen LogP contribution < -0.4 is 5.32 Å². The van der Waals surface area contributed by atoms with Gasteiger partial charge in [0, 0.05) is 12.0 Å². The Kier molecular flexibility index (Phi) is 14.8. The Labute approximate surface area is 247 Å². The maximum atomic E-state index is 12.1. The molecule has 0 radical (unpaired) electrons. The van der Waals surface area contributed by atoms with Gasteiger partial charge in [-0.15, -0.1) is 13.2 Å². The van der Waals surface area contributed by atoms with Crippen LogP contribution in [-0.4, -0.2) is 23.4 Å². The topological polar surface area (TPSA) is 53.0 Å². The van der Waals surface area contributed by atoms with Crippen LogP contribution in [0.5, 0.6) is 0 Å². The second-order valence-corrected chi connectivity index (χ2v) is 13.0. The van der Waals surface area contributed by atoms with Gasteiger partial charge in [0.05, 0.1) is 0 Å². The fraction of sp³-hybridized carbons (Fsp3) is 0.600. The Hall–Kier alpha value is -2.07. The zero-order valence-corrected chi connectivity index (χ0v) is 25.9. The molecule has 0 aromatic rings. The van der Waals surface area contributed by atoms with E-state index in [9.17, 15) is 4.79 Å². The molecule has 39 heavy (non-hydrogen) atoms. The van der Waals surface area contributed by atoms with E-state index in [0.29, 0.717) is 23.6 Å². The second-order valence-electron chi connectivity index (χ2n) is 12.0. The molecule has 2 N–H and O–H groups in total. The lowest BCUT2D eigenvalue weighted by molar-refractivity contribution is -0.114. The van der Waals surface area contributed by atoms with Crippen molar-refractivity contribution in [3.8, 4) is 0 Å². The van der Waals surface area contributed by atoms with E-state index in [2.05, 4.69) is 96.8 Å². The van der Waals surface area contributed by atoms with E-state index in [1.54, 1.807) is 0 Å². The monoisotopic (exact) mass is 554 g/mol. The summed E-state index contributed by atoms with van der Waals surface area (Å²) in [4.78, 5) is 12.1.